The molecule has 0 radical (unpaired) electrons. The molecule has 0 aromatic heterocycles. The molecular formula is C20H26BrIN4O2. The third kappa shape index (κ3) is 8.47. The predicted molar refractivity (Wildman–Crippen MR) is 127 cm³/mol. The zero-order valence-corrected chi connectivity index (χ0v) is 19.9. The van der Waals surface area contributed by atoms with E-state index in [2.05, 4.69) is 38.3 Å². The fourth-order valence-corrected chi connectivity index (χ4v) is 2.73. The van der Waals surface area contributed by atoms with Gasteiger partial charge >= 0.3 is 0 Å². The summed E-state index contributed by atoms with van der Waals surface area (Å²) in [5.74, 6) is 0.931. The molecule has 0 aliphatic heterocycles. The van der Waals surface area contributed by atoms with Gasteiger partial charge in [0.25, 0.3) is 5.91 Å². The summed E-state index contributed by atoms with van der Waals surface area (Å²) >= 11 is 3.46. The first-order chi connectivity index (χ1) is 13.0. The molecule has 0 aliphatic rings. The predicted octanol–water partition coefficient (Wildman–Crippen LogP) is 3.53. The Hall–Kier alpha value is -1.81. The molecule has 0 atom stereocenters. The van der Waals surface area contributed by atoms with Gasteiger partial charge in [0.15, 0.2) is 12.6 Å². The average molecular weight is 561 g/mol. The number of benzene rings is 2. The van der Waals surface area contributed by atoms with Gasteiger partial charge in [0.2, 0.25) is 0 Å². The highest BCUT2D eigenvalue weighted by molar-refractivity contribution is 14.0. The molecule has 3 N–H and O–H groups in total. The fraction of sp³-hybridized carbons (Fsp3) is 0.300. The van der Waals surface area contributed by atoms with Crippen LogP contribution in [0, 0.1) is 0 Å². The largest absolute Gasteiger partial charge is 0.484 e. The van der Waals surface area contributed by atoms with Crippen LogP contribution in [0.5, 0.6) is 5.75 Å². The summed E-state index contributed by atoms with van der Waals surface area (Å²) in [6.45, 7) is 3.94. The molecule has 6 nitrogen and oxygen atoms in total. The highest BCUT2D eigenvalue weighted by atomic mass is 127. The number of carbonyl (C=O) groups excluding carboxylic acids is 1. The second-order valence-corrected chi connectivity index (χ2v) is 6.97. The maximum atomic E-state index is 10.8. The lowest BCUT2D eigenvalue weighted by Gasteiger charge is -2.22. The van der Waals surface area contributed by atoms with E-state index in [0.717, 1.165) is 29.1 Å². The Balaban J connectivity index is 0.00000392. The number of hydrogen-bond donors (Lipinski definition) is 2. The second kappa shape index (κ2) is 12.6. The smallest absolute Gasteiger partial charge is 0.255 e. The molecule has 0 bridgehead atoms. The van der Waals surface area contributed by atoms with E-state index < -0.39 is 5.91 Å². The Morgan fingerprint density at radius 1 is 1.21 bits per heavy atom. The number of carbonyl (C=O) groups is 1. The van der Waals surface area contributed by atoms with Crippen LogP contribution in [0.2, 0.25) is 0 Å². The van der Waals surface area contributed by atoms with Gasteiger partial charge in [-0.05, 0) is 42.3 Å². The molecule has 0 saturated carbocycles. The van der Waals surface area contributed by atoms with Crippen molar-refractivity contribution in [2.24, 2.45) is 10.7 Å². The molecule has 0 unspecified atom stereocenters. The molecule has 2 rings (SSSR count). The van der Waals surface area contributed by atoms with Crippen molar-refractivity contribution >= 4 is 51.8 Å². The van der Waals surface area contributed by atoms with Crippen molar-refractivity contribution in [2.75, 3.05) is 20.2 Å². The molecule has 0 saturated heterocycles. The van der Waals surface area contributed by atoms with E-state index in [0.29, 0.717) is 12.3 Å². The molecule has 28 heavy (non-hydrogen) atoms. The van der Waals surface area contributed by atoms with Gasteiger partial charge < -0.3 is 20.7 Å². The highest BCUT2D eigenvalue weighted by Gasteiger charge is 2.07. The molecular weight excluding hydrogens is 535 g/mol. The Bertz CT molecular complexity index is 784. The average Bonchev–Trinajstić information content (AvgIpc) is 2.65. The van der Waals surface area contributed by atoms with Crippen molar-refractivity contribution in [3.63, 3.8) is 0 Å². The summed E-state index contributed by atoms with van der Waals surface area (Å²) in [6.07, 6.45) is 0. The molecule has 0 aliphatic carbocycles. The Morgan fingerprint density at radius 3 is 2.57 bits per heavy atom. The Labute approximate surface area is 191 Å². The molecule has 2 aromatic rings. The van der Waals surface area contributed by atoms with Gasteiger partial charge in [-0.3, -0.25) is 4.79 Å². The lowest BCUT2D eigenvalue weighted by molar-refractivity contribution is -0.119. The maximum Gasteiger partial charge on any atom is 0.255 e. The molecule has 152 valence electrons. The minimum absolute atomic E-state index is 0. The summed E-state index contributed by atoms with van der Waals surface area (Å²) < 4.78 is 6.41. The van der Waals surface area contributed by atoms with Gasteiger partial charge in [-0.1, -0.05) is 40.2 Å². The standard InChI is InChI=1S/C20H25BrN4O2.HI/c1-3-23-20(25(2)13-15-7-9-17(21)10-8-15)24-12-16-5-4-6-18(11-16)27-14-19(22)26;/h4-11H,3,12-14H2,1-2H3,(H2,22,26)(H,23,24);1H. The number of nitrogens with zero attached hydrogens (tertiary/aromatic N) is 2. The number of hydrogen-bond acceptors (Lipinski definition) is 3. The fourth-order valence-electron chi connectivity index (χ4n) is 2.46. The van der Waals surface area contributed by atoms with Gasteiger partial charge in [-0.2, -0.15) is 0 Å². The van der Waals surface area contributed by atoms with Crippen molar-refractivity contribution in [1.29, 1.82) is 0 Å². The normalized spacial score (nSPS) is 10.8. The van der Waals surface area contributed by atoms with Crippen LogP contribution in [-0.2, 0) is 17.9 Å². The van der Waals surface area contributed by atoms with E-state index in [1.165, 1.54) is 5.56 Å². The minimum atomic E-state index is -0.498. The van der Waals surface area contributed by atoms with E-state index in [-0.39, 0.29) is 30.6 Å². The topological polar surface area (TPSA) is 80.0 Å². The number of halogens is 2. The molecule has 0 spiro atoms. The lowest BCUT2D eigenvalue weighted by Crippen LogP contribution is -2.38. The SMILES string of the molecule is CCNC(=NCc1cccc(OCC(N)=O)c1)N(C)Cc1ccc(Br)cc1.I. The van der Waals surface area contributed by atoms with E-state index in [9.17, 15) is 4.79 Å². The van der Waals surface area contributed by atoms with Gasteiger partial charge in [0.1, 0.15) is 5.75 Å². The molecule has 0 fully saturated rings. The summed E-state index contributed by atoms with van der Waals surface area (Å²) in [6, 6.07) is 15.7. The number of aliphatic imine (C=N–C) groups is 1. The van der Waals surface area contributed by atoms with Crippen molar-refractivity contribution in [2.45, 2.75) is 20.0 Å². The van der Waals surface area contributed by atoms with E-state index in [1.54, 1.807) is 6.07 Å². The summed E-state index contributed by atoms with van der Waals surface area (Å²) in [4.78, 5) is 17.6. The summed E-state index contributed by atoms with van der Waals surface area (Å²) in [7, 11) is 2.01. The number of ether oxygens (including phenoxy) is 1. The van der Waals surface area contributed by atoms with Gasteiger partial charge in [0.05, 0.1) is 6.54 Å². The van der Waals surface area contributed by atoms with Crippen LogP contribution in [-0.4, -0.2) is 37.0 Å². The zero-order chi connectivity index (χ0) is 19.6. The highest BCUT2D eigenvalue weighted by Crippen LogP contribution is 2.15. The third-order valence-electron chi connectivity index (χ3n) is 3.72. The first kappa shape index (κ1) is 24.2. The number of amides is 1. The lowest BCUT2D eigenvalue weighted by atomic mass is 10.2. The number of rotatable bonds is 8. The minimum Gasteiger partial charge on any atom is -0.484 e. The zero-order valence-electron chi connectivity index (χ0n) is 16.0. The second-order valence-electron chi connectivity index (χ2n) is 6.06. The van der Waals surface area contributed by atoms with Crippen molar-refractivity contribution in [3.8, 4) is 5.75 Å². The monoisotopic (exact) mass is 560 g/mol. The van der Waals surface area contributed by atoms with Gasteiger partial charge in [-0.15, -0.1) is 24.0 Å². The van der Waals surface area contributed by atoms with Crippen LogP contribution in [0.3, 0.4) is 0 Å². The van der Waals surface area contributed by atoms with Crippen molar-refractivity contribution in [1.82, 2.24) is 10.2 Å². The van der Waals surface area contributed by atoms with Crippen LogP contribution in [0.25, 0.3) is 0 Å². The first-order valence-electron chi connectivity index (χ1n) is 8.72. The van der Waals surface area contributed by atoms with E-state index in [1.807, 2.05) is 44.3 Å². The molecule has 2 aromatic carbocycles. The Morgan fingerprint density at radius 2 is 1.93 bits per heavy atom. The first-order valence-corrected chi connectivity index (χ1v) is 9.51. The molecule has 0 heterocycles. The Kier molecular flexibility index (Phi) is 10.9. The van der Waals surface area contributed by atoms with Crippen LogP contribution in [0.15, 0.2) is 58.0 Å². The summed E-state index contributed by atoms with van der Waals surface area (Å²) in [5, 5.41) is 3.31. The van der Waals surface area contributed by atoms with Crippen LogP contribution in [0.4, 0.5) is 0 Å². The number of nitrogens with one attached hydrogen (secondary N) is 1. The van der Waals surface area contributed by atoms with Crippen LogP contribution in [0.1, 0.15) is 18.1 Å². The number of guanidine groups is 1. The van der Waals surface area contributed by atoms with Crippen LogP contribution < -0.4 is 15.8 Å². The maximum absolute atomic E-state index is 10.8. The van der Waals surface area contributed by atoms with Crippen molar-refractivity contribution in [3.05, 3.63) is 64.1 Å². The van der Waals surface area contributed by atoms with Gasteiger partial charge in [0, 0.05) is 24.6 Å². The number of nitrogens with two attached hydrogens (primary N) is 1. The number of primary amides is 1. The van der Waals surface area contributed by atoms with Crippen LogP contribution >= 0.6 is 39.9 Å². The quantitative estimate of drug-likeness (QED) is 0.294. The summed E-state index contributed by atoms with van der Waals surface area (Å²) in [5.41, 5.74) is 7.30. The van der Waals surface area contributed by atoms with E-state index >= 15 is 0 Å². The third-order valence-corrected chi connectivity index (χ3v) is 4.25. The molecule has 8 heteroatoms. The van der Waals surface area contributed by atoms with Gasteiger partial charge in [-0.25, -0.2) is 4.99 Å². The molecule has 1 amide bonds. The van der Waals surface area contributed by atoms with Crippen molar-refractivity contribution < 1.29 is 9.53 Å². The van der Waals surface area contributed by atoms with E-state index in [4.69, 9.17) is 15.5 Å².